The Morgan fingerprint density at radius 3 is 2.46 bits per heavy atom. The predicted octanol–water partition coefficient (Wildman–Crippen LogP) is 3.14. The Morgan fingerprint density at radius 2 is 1.86 bits per heavy atom. The van der Waals surface area contributed by atoms with Crippen molar-refractivity contribution in [2.75, 3.05) is 26.0 Å². The lowest BCUT2D eigenvalue weighted by Gasteiger charge is -2.25. The summed E-state index contributed by atoms with van der Waals surface area (Å²) in [4.78, 5) is 35.9. The third kappa shape index (κ3) is 6.80. The molecular formula is C23H21F4N5O5. The van der Waals surface area contributed by atoms with Crippen LogP contribution in [0, 0.1) is 11.7 Å². The number of aliphatic carboxylic acids is 1. The monoisotopic (exact) mass is 523 g/mol. The molecule has 0 saturated heterocycles. The number of carboxylic acid groups (broad SMARTS) is 1. The quantitative estimate of drug-likeness (QED) is 0.447. The molecule has 10 nitrogen and oxygen atoms in total. The zero-order chi connectivity index (χ0) is 27.3. The summed E-state index contributed by atoms with van der Waals surface area (Å²) in [5.41, 5.74) is 2.64. The van der Waals surface area contributed by atoms with Gasteiger partial charge in [-0.3, -0.25) is 9.59 Å². The number of amides is 2. The summed E-state index contributed by atoms with van der Waals surface area (Å²) in [6.45, 7) is 0.179. The fraction of sp³-hybridized carbons (Fsp3) is 0.261. The second kappa shape index (κ2) is 11.1. The van der Waals surface area contributed by atoms with Crippen LogP contribution in [0.2, 0.25) is 0 Å². The molecule has 1 aliphatic heterocycles. The number of aromatic nitrogens is 3. The standard InChI is InChI=1S/C21H20FN5O3.C2HF3O2/c1-27(2)21(29)16-9-12(18-10-23-26-25-18)3-5-17(16)24-20(28)14-7-13-8-15(22)4-6-19(13)30-11-14;3-2(4,5)1(6)7/h3-6,8-10,14H,7,11H2,1-2H3,(H,24,28)(H,23,25,26);(H,6,7). The molecule has 1 aromatic heterocycles. The van der Waals surface area contributed by atoms with Crippen molar-refractivity contribution in [3.8, 4) is 17.0 Å². The minimum atomic E-state index is -5.08. The molecule has 3 N–H and O–H groups in total. The summed E-state index contributed by atoms with van der Waals surface area (Å²) in [6.07, 6.45) is -3.18. The van der Waals surface area contributed by atoms with Gasteiger partial charge in [0.05, 0.1) is 23.4 Å². The van der Waals surface area contributed by atoms with Crippen molar-refractivity contribution in [2.45, 2.75) is 12.6 Å². The van der Waals surface area contributed by atoms with Gasteiger partial charge in [-0.05, 0) is 42.3 Å². The van der Waals surface area contributed by atoms with Crippen molar-refractivity contribution in [1.82, 2.24) is 20.3 Å². The van der Waals surface area contributed by atoms with Gasteiger partial charge < -0.3 is 20.1 Å². The number of rotatable bonds is 4. The molecule has 4 rings (SSSR count). The van der Waals surface area contributed by atoms with Crippen LogP contribution in [-0.4, -0.2) is 70.1 Å². The number of ether oxygens (including phenoxy) is 1. The number of benzene rings is 2. The van der Waals surface area contributed by atoms with Crippen LogP contribution in [0.1, 0.15) is 15.9 Å². The van der Waals surface area contributed by atoms with Crippen LogP contribution < -0.4 is 10.1 Å². The number of hydrogen-bond acceptors (Lipinski definition) is 6. The first-order chi connectivity index (χ1) is 17.4. The summed E-state index contributed by atoms with van der Waals surface area (Å²) in [6, 6.07) is 9.35. The molecule has 14 heteroatoms. The summed E-state index contributed by atoms with van der Waals surface area (Å²) in [7, 11) is 3.27. The van der Waals surface area contributed by atoms with E-state index >= 15 is 0 Å². The van der Waals surface area contributed by atoms with Gasteiger partial charge in [0.1, 0.15) is 23.9 Å². The Bertz CT molecular complexity index is 1300. The minimum Gasteiger partial charge on any atom is -0.492 e. The molecule has 2 aromatic carbocycles. The van der Waals surface area contributed by atoms with Gasteiger partial charge in [0.2, 0.25) is 5.91 Å². The number of carbonyl (C=O) groups excluding carboxylic acids is 2. The maximum Gasteiger partial charge on any atom is 0.490 e. The van der Waals surface area contributed by atoms with Gasteiger partial charge in [0.15, 0.2) is 0 Å². The zero-order valence-corrected chi connectivity index (χ0v) is 19.5. The number of H-pyrrole nitrogens is 1. The molecule has 37 heavy (non-hydrogen) atoms. The Hall–Kier alpha value is -4.49. The van der Waals surface area contributed by atoms with Gasteiger partial charge in [0.25, 0.3) is 5.91 Å². The first kappa shape index (κ1) is 27.1. The van der Waals surface area contributed by atoms with Crippen LogP contribution >= 0.6 is 0 Å². The van der Waals surface area contributed by atoms with Crippen LogP contribution in [0.15, 0.2) is 42.6 Å². The second-order valence-electron chi connectivity index (χ2n) is 8.07. The topological polar surface area (TPSA) is 138 Å². The largest absolute Gasteiger partial charge is 0.492 e. The number of carboxylic acids is 1. The van der Waals surface area contributed by atoms with E-state index in [2.05, 4.69) is 20.7 Å². The average molecular weight is 523 g/mol. The third-order valence-electron chi connectivity index (χ3n) is 5.17. The molecule has 196 valence electrons. The molecule has 0 radical (unpaired) electrons. The van der Waals surface area contributed by atoms with E-state index in [1.807, 2.05) is 0 Å². The Kier molecular flexibility index (Phi) is 8.10. The maximum atomic E-state index is 13.5. The van der Waals surface area contributed by atoms with Crippen LogP contribution in [0.3, 0.4) is 0 Å². The lowest BCUT2D eigenvalue weighted by molar-refractivity contribution is -0.192. The third-order valence-corrected chi connectivity index (χ3v) is 5.17. The van der Waals surface area contributed by atoms with E-state index in [4.69, 9.17) is 14.6 Å². The number of carbonyl (C=O) groups is 3. The average Bonchev–Trinajstić information content (AvgIpc) is 3.38. The van der Waals surface area contributed by atoms with Crippen molar-refractivity contribution in [3.63, 3.8) is 0 Å². The second-order valence-corrected chi connectivity index (χ2v) is 8.07. The number of nitrogens with one attached hydrogen (secondary N) is 2. The summed E-state index contributed by atoms with van der Waals surface area (Å²) >= 11 is 0. The highest BCUT2D eigenvalue weighted by atomic mass is 19.4. The van der Waals surface area contributed by atoms with Crippen LogP contribution in [-0.2, 0) is 16.0 Å². The van der Waals surface area contributed by atoms with E-state index in [1.165, 1.54) is 17.0 Å². The number of anilines is 1. The van der Waals surface area contributed by atoms with Gasteiger partial charge in [-0.15, -0.1) is 0 Å². The van der Waals surface area contributed by atoms with E-state index < -0.39 is 18.1 Å². The van der Waals surface area contributed by atoms with Gasteiger partial charge in [-0.1, -0.05) is 6.07 Å². The van der Waals surface area contributed by atoms with Crippen molar-refractivity contribution in [2.24, 2.45) is 5.92 Å². The maximum absolute atomic E-state index is 13.5. The zero-order valence-electron chi connectivity index (χ0n) is 19.5. The first-order valence-corrected chi connectivity index (χ1v) is 10.6. The van der Waals surface area contributed by atoms with Crippen LogP contribution in [0.25, 0.3) is 11.3 Å². The molecule has 0 spiro atoms. The lowest BCUT2D eigenvalue weighted by Crippen LogP contribution is -2.33. The molecule has 0 fully saturated rings. The summed E-state index contributed by atoms with van der Waals surface area (Å²) in [5, 5.41) is 20.3. The number of aromatic amines is 1. The van der Waals surface area contributed by atoms with Gasteiger partial charge in [-0.2, -0.15) is 28.6 Å². The lowest BCUT2D eigenvalue weighted by atomic mass is 9.95. The number of alkyl halides is 3. The molecule has 0 aliphatic carbocycles. The molecule has 0 saturated carbocycles. The van der Waals surface area contributed by atoms with E-state index in [9.17, 15) is 27.2 Å². The molecular weight excluding hydrogens is 502 g/mol. The van der Waals surface area contributed by atoms with E-state index in [0.29, 0.717) is 40.2 Å². The first-order valence-electron chi connectivity index (χ1n) is 10.6. The van der Waals surface area contributed by atoms with Crippen molar-refractivity contribution >= 4 is 23.5 Å². The predicted molar refractivity (Wildman–Crippen MR) is 121 cm³/mol. The van der Waals surface area contributed by atoms with Crippen molar-refractivity contribution < 1.29 is 41.8 Å². The minimum absolute atomic E-state index is 0.179. The summed E-state index contributed by atoms with van der Waals surface area (Å²) < 4.78 is 50.9. The van der Waals surface area contributed by atoms with E-state index in [0.717, 1.165) is 0 Å². The normalized spacial score (nSPS) is 14.4. The fourth-order valence-electron chi connectivity index (χ4n) is 3.34. The smallest absolute Gasteiger partial charge is 0.490 e. The molecule has 1 aliphatic rings. The van der Waals surface area contributed by atoms with Gasteiger partial charge in [-0.25, -0.2) is 9.18 Å². The number of fused-ring (bicyclic) bond motifs is 1. The number of hydrogen-bond donors (Lipinski definition) is 3. The van der Waals surface area contributed by atoms with Crippen LogP contribution in [0.4, 0.5) is 23.2 Å². The van der Waals surface area contributed by atoms with Crippen molar-refractivity contribution in [3.05, 3.63) is 59.5 Å². The molecule has 0 bridgehead atoms. The molecule has 3 aromatic rings. The van der Waals surface area contributed by atoms with Crippen LogP contribution in [0.5, 0.6) is 5.75 Å². The molecule has 1 atom stereocenters. The molecule has 2 amide bonds. The highest BCUT2D eigenvalue weighted by Gasteiger charge is 2.38. The van der Waals surface area contributed by atoms with E-state index in [-0.39, 0.29) is 24.2 Å². The van der Waals surface area contributed by atoms with Crippen molar-refractivity contribution in [1.29, 1.82) is 0 Å². The van der Waals surface area contributed by atoms with Gasteiger partial charge in [0, 0.05) is 19.7 Å². The Balaban J connectivity index is 0.000000479. The number of halogens is 4. The highest BCUT2D eigenvalue weighted by molar-refractivity contribution is 6.05. The highest BCUT2D eigenvalue weighted by Crippen LogP contribution is 2.30. The Labute approximate surface area is 207 Å². The Morgan fingerprint density at radius 1 is 1.16 bits per heavy atom. The fourth-order valence-corrected chi connectivity index (χ4v) is 3.34. The molecule has 1 unspecified atom stereocenters. The van der Waals surface area contributed by atoms with E-state index in [1.54, 1.807) is 44.6 Å². The summed E-state index contributed by atoms with van der Waals surface area (Å²) in [5.74, 6) is -3.61. The molecule has 2 heterocycles. The number of nitrogens with zero attached hydrogens (tertiary/aromatic N) is 3. The van der Waals surface area contributed by atoms with Gasteiger partial charge >= 0.3 is 12.1 Å². The SMILES string of the molecule is CN(C)C(=O)c1cc(-c2cn[nH]n2)ccc1NC(=O)C1COc2ccc(F)cc2C1.O=C(O)C(F)(F)F.